The van der Waals surface area contributed by atoms with Gasteiger partial charge in [-0.2, -0.15) is 0 Å². The molecular formula is C3H5KO3. The van der Waals surface area contributed by atoms with Gasteiger partial charge in [0.15, 0.2) is 0 Å². The number of rotatable bonds is 1. The molecule has 0 fully saturated rings. The Balaban J connectivity index is 0. The second-order valence-electron chi connectivity index (χ2n) is 0.706. The van der Waals surface area contributed by atoms with Crippen LogP contribution in [-0.4, -0.2) is 63.8 Å². The summed E-state index contributed by atoms with van der Waals surface area (Å²) < 4.78 is 3.72. The molecule has 0 aromatic rings. The Bertz CT molecular complexity index is 70.6. The molecule has 0 bridgehead atoms. The second kappa shape index (κ2) is 6.78. The molecule has 0 aromatic carbocycles. The van der Waals surface area contributed by atoms with E-state index in [-0.39, 0.29) is 57.9 Å². The minimum atomic E-state index is -0.579. The van der Waals surface area contributed by atoms with Crippen molar-refractivity contribution in [3.63, 3.8) is 0 Å². The summed E-state index contributed by atoms with van der Waals surface area (Å²) in [6.45, 7) is 1.26. The Morgan fingerprint density at radius 1 is 1.71 bits per heavy atom. The molecule has 0 aromatic heterocycles. The minimum absolute atomic E-state index is 0. The van der Waals surface area contributed by atoms with E-state index in [1.54, 1.807) is 0 Å². The molecule has 0 aliphatic heterocycles. The average molecular weight is 128 g/mol. The van der Waals surface area contributed by atoms with Crippen LogP contribution in [0.25, 0.3) is 0 Å². The molecule has 0 heterocycles. The summed E-state index contributed by atoms with van der Waals surface area (Å²) in [4.78, 5) is 18.8. The Kier molecular flexibility index (Phi) is 10.4. The van der Waals surface area contributed by atoms with Gasteiger partial charge in [0.05, 0.1) is 0 Å². The summed E-state index contributed by atoms with van der Waals surface area (Å²) in [7, 11) is 0. The molecule has 0 saturated heterocycles. The van der Waals surface area contributed by atoms with Gasteiger partial charge in [0.25, 0.3) is 0 Å². The van der Waals surface area contributed by atoms with Crippen LogP contribution in [0.3, 0.4) is 0 Å². The first kappa shape index (κ1) is 10.7. The van der Waals surface area contributed by atoms with Crippen molar-refractivity contribution in [1.29, 1.82) is 0 Å². The van der Waals surface area contributed by atoms with E-state index in [9.17, 15) is 9.59 Å². The van der Waals surface area contributed by atoms with Crippen LogP contribution in [-0.2, 0) is 14.3 Å². The summed E-state index contributed by atoms with van der Waals surface area (Å²) in [5.41, 5.74) is 0. The Morgan fingerprint density at radius 3 is 2.14 bits per heavy atom. The standard InChI is InChI=1S/C3H4O3.K.H/c1-3(5)6-2-4;;/h2H,1H3;;. The molecule has 0 spiro atoms. The van der Waals surface area contributed by atoms with Crippen molar-refractivity contribution in [1.82, 2.24) is 0 Å². The third kappa shape index (κ3) is 10.8. The number of carbonyl (C=O) groups excluding carboxylic acids is 2. The fraction of sp³-hybridized carbons (Fsp3) is 0.333. The van der Waals surface area contributed by atoms with E-state index in [1.165, 1.54) is 0 Å². The van der Waals surface area contributed by atoms with Gasteiger partial charge in [-0.15, -0.1) is 0 Å². The zero-order valence-corrected chi connectivity index (χ0v) is 3.30. The van der Waals surface area contributed by atoms with Crippen molar-refractivity contribution in [2.24, 2.45) is 0 Å². The molecular weight excluding hydrogens is 123 g/mol. The Labute approximate surface area is 83.8 Å². The molecule has 0 radical (unpaired) electrons. The monoisotopic (exact) mass is 128 g/mol. The van der Waals surface area contributed by atoms with E-state index in [1.807, 2.05) is 0 Å². The summed E-state index contributed by atoms with van der Waals surface area (Å²) in [5.74, 6) is -0.579. The van der Waals surface area contributed by atoms with Crippen LogP contribution in [0, 0.1) is 0 Å². The van der Waals surface area contributed by atoms with Crippen LogP contribution in [0.4, 0.5) is 0 Å². The zero-order chi connectivity index (χ0) is 4.99. The predicted molar refractivity (Wildman–Crippen MR) is 25.0 cm³/mol. The van der Waals surface area contributed by atoms with E-state index >= 15 is 0 Å². The van der Waals surface area contributed by atoms with Crippen molar-refractivity contribution in [3.8, 4) is 0 Å². The summed E-state index contributed by atoms with van der Waals surface area (Å²) in [5, 5.41) is 0. The molecule has 4 heteroatoms. The van der Waals surface area contributed by atoms with Crippen molar-refractivity contribution in [3.05, 3.63) is 0 Å². The zero-order valence-electron chi connectivity index (χ0n) is 3.30. The number of hydrogen-bond acceptors (Lipinski definition) is 3. The van der Waals surface area contributed by atoms with Crippen LogP contribution in [0.1, 0.15) is 6.92 Å². The normalized spacial score (nSPS) is 5.86. The molecule has 0 rings (SSSR count). The van der Waals surface area contributed by atoms with Crippen molar-refractivity contribution >= 4 is 63.8 Å². The predicted octanol–water partition coefficient (Wildman–Crippen LogP) is -0.943. The fourth-order valence-electron chi connectivity index (χ4n) is 0.0678. The van der Waals surface area contributed by atoms with Gasteiger partial charge in [0, 0.05) is 6.92 Å². The second-order valence-corrected chi connectivity index (χ2v) is 0.706. The SMILES string of the molecule is CC(=O)OC=O.[KH]. The van der Waals surface area contributed by atoms with E-state index in [0.29, 0.717) is 0 Å². The number of carbonyl (C=O) groups is 2. The third-order valence-corrected chi connectivity index (χ3v) is 0.214. The third-order valence-electron chi connectivity index (χ3n) is 0.214. The van der Waals surface area contributed by atoms with Crippen LogP contribution < -0.4 is 0 Å². The molecule has 36 valence electrons. The molecule has 3 nitrogen and oxygen atoms in total. The molecule has 0 saturated carbocycles. The van der Waals surface area contributed by atoms with Gasteiger partial charge in [-0.25, -0.2) is 0 Å². The maximum absolute atomic E-state index is 9.59. The average Bonchev–Trinajstić information content (AvgIpc) is 1.35. The van der Waals surface area contributed by atoms with Gasteiger partial charge in [0.1, 0.15) is 0 Å². The van der Waals surface area contributed by atoms with Gasteiger partial charge in [-0.1, -0.05) is 0 Å². The fourth-order valence-corrected chi connectivity index (χ4v) is 0.0678. The first-order valence-corrected chi connectivity index (χ1v) is 1.38. The first-order valence-electron chi connectivity index (χ1n) is 1.38. The molecule has 0 unspecified atom stereocenters. The molecule has 0 N–H and O–H groups in total. The van der Waals surface area contributed by atoms with Crippen molar-refractivity contribution < 1.29 is 14.3 Å². The summed E-state index contributed by atoms with van der Waals surface area (Å²) >= 11 is 0. The van der Waals surface area contributed by atoms with E-state index in [0.717, 1.165) is 6.92 Å². The maximum atomic E-state index is 9.59. The van der Waals surface area contributed by atoms with E-state index < -0.39 is 5.97 Å². The Morgan fingerprint density at radius 2 is 2.14 bits per heavy atom. The number of esters is 1. The molecule has 0 amide bonds. The van der Waals surface area contributed by atoms with Crippen LogP contribution in [0.15, 0.2) is 0 Å². The summed E-state index contributed by atoms with van der Waals surface area (Å²) in [6.07, 6.45) is 0. The number of hydrogen-bond donors (Lipinski definition) is 0. The van der Waals surface area contributed by atoms with Gasteiger partial charge < -0.3 is 4.74 Å². The van der Waals surface area contributed by atoms with Gasteiger partial charge in [-0.3, -0.25) is 9.59 Å². The number of ether oxygens (including phenoxy) is 1. The topological polar surface area (TPSA) is 43.4 Å². The quantitative estimate of drug-likeness (QED) is 0.198. The van der Waals surface area contributed by atoms with Gasteiger partial charge >= 0.3 is 63.8 Å². The van der Waals surface area contributed by atoms with E-state index in [2.05, 4.69) is 4.74 Å². The van der Waals surface area contributed by atoms with Crippen molar-refractivity contribution in [2.75, 3.05) is 0 Å². The van der Waals surface area contributed by atoms with Crippen LogP contribution >= 0.6 is 0 Å². The molecule has 0 aliphatic carbocycles. The van der Waals surface area contributed by atoms with Crippen LogP contribution in [0.2, 0.25) is 0 Å². The molecule has 7 heavy (non-hydrogen) atoms. The van der Waals surface area contributed by atoms with Crippen LogP contribution in [0.5, 0.6) is 0 Å². The Hall–Kier alpha value is 0.776. The first-order chi connectivity index (χ1) is 2.77. The van der Waals surface area contributed by atoms with Crippen molar-refractivity contribution in [2.45, 2.75) is 6.92 Å². The van der Waals surface area contributed by atoms with Gasteiger partial charge in [0.2, 0.25) is 0 Å². The van der Waals surface area contributed by atoms with Gasteiger partial charge in [-0.05, 0) is 0 Å². The molecule has 0 atom stereocenters. The summed E-state index contributed by atoms with van der Waals surface area (Å²) in [6, 6.07) is 0. The molecule has 0 aliphatic rings. The van der Waals surface area contributed by atoms with E-state index in [4.69, 9.17) is 0 Å².